The third kappa shape index (κ3) is 4.38. The molecule has 6 nitrogen and oxygen atoms in total. The minimum atomic E-state index is -0.886. The molecule has 2 aliphatic rings. The first-order valence-electron chi connectivity index (χ1n) is 10.8. The minimum absolute atomic E-state index is 0.0325. The fourth-order valence-corrected chi connectivity index (χ4v) is 5.05. The Morgan fingerprint density at radius 2 is 1.70 bits per heavy atom. The number of thiazole rings is 1. The van der Waals surface area contributed by atoms with E-state index >= 15 is 0 Å². The Labute approximate surface area is 194 Å². The van der Waals surface area contributed by atoms with Crippen LogP contribution in [-0.4, -0.2) is 65.4 Å². The minimum Gasteiger partial charge on any atom is -0.334 e. The average molecular weight is 469 g/mol. The quantitative estimate of drug-likeness (QED) is 0.587. The van der Waals surface area contributed by atoms with Gasteiger partial charge in [-0.2, -0.15) is 0 Å². The Bertz CT molecular complexity index is 1160. The van der Waals surface area contributed by atoms with E-state index in [2.05, 4.69) is 9.88 Å². The van der Waals surface area contributed by atoms with Crippen molar-refractivity contribution >= 4 is 28.8 Å². The lowest BCUT2D eigenvalue weighted by Crippen LogP contribution is -2.52. The monoisotopic (exact) mass is 468 g/mol. The third-order valence-electron chi connectivity index (χ3n) is 6.27. The highest BCUT2D eigenvalue weighted by atomic mass is 32.1. The molecule has 170 valence electrons. The maximum atomic E-state index is 13.5. The zero-order valence-corrected chi connectivity index (χ0v) is 18.6. The molecule has 2 amide bonds. The summed E-state index contributed by atoms with van der Waals surface area (Å²) in [6.45, 7) is 3.26. The number of nitrogens with zero attached hydrogens (tertiary/aromatic N) is 4. The molecule has 33 heavy (non-hydrogen) atoms. The predicted octanol–water partition coefficient (Wildman–Crippen LogP) is 3.65. The summed E-state index contributed by atoms with van der Waals surface area (Å²) in [5.74, 6) is -1.74. The van der Waals surface area contributed by atoms with Crippen molar-refractivity contribution in [3.8, 4) is 11.1 Å². The topological polar surface area (TPSA) is 56.8 Å². The van der Waals surface area contributed by atoms with Crippen molar-refractivity contribution in [2.24, 2.45) is 0 Å². The Hall–Kier alpha value is -3.17. The molecule has 2 fully saturated rings. The fraction of sp³-hybridized carbons (Fsp3) is 0.292. The molecule has 0 saturated carbocycles. The van der Waals surface area contributed by atoms with Crippen molar-refractivity contribution in [3.05, 3.63) is 70.7 Å². The SMILES string of the molecule is O=C(c1nccs1)N1CCN(C2CC(=O)N(c3ccc(-c4ccc(F)c(F)c4)cc3)C2)CC1. The van der Waals surface area contributed by atoms with E-state index in [0.717, 1.165) is 30.4 Å². The second-order valence-electron chi connectivity index (χ2n) is 8.20. The largest absolute Gasteiger partial charge is 0.334 e. The van der Waals surface area contributed by atoms with Crippen molar-refractivity contribution in [1.82, 2.24) is 14.8 Å². The number of halogens is 2. The van der Waals surface area contributed by atoms with Crippen LogP contribution in [0.15, 0.2) is 54.0 Å². The highest BCUT2D eigenvalue weighted by molar-refractivity contribution is 7.11. The third-order valence-corrected chi connectivity index (χ3v) is 7.03. The molecule has 2 saturated heterocycles. The summed E-state index contributed by atoms with van der Waals surface area (Å²) in [7, 11) is 0. The maximum absolute atomic E-state index is 13.5. The standard InChI is InChI=1S/C24H22F2N4O2S/c25-20-6-3-17(13-21(20)26)16-1-4-18(5-2-16)30-15-19(14-22(30)31)28-8-10-29(11-9-28)24(32)23-27-7-12-33-23/h1-7,12-13,19H,8-11,14-15H2. The molecule has 0 radical (unpaired) electrons. The van der Waals surface area contributed by atoms with Gasteiger partial charge in [0.15, 0.2) is 16.6 Å². The molecule has 1 atom stereocenters. The lowest BCUT2D eigenvalue weighted by atomic mass is 10.0. The van der Waals surface area contributed by atoms with Crippen LogP contribution in [0, 0.1) is 11.6 Å². The van der Waals surface area contributed by atoms with Crippen LogP contribution in [0.2, 0.25) is 0 Å². The van der Waals surface area contributed by atoms with E-state index in [9.17, 15) is 18.4 Å². The highest BCUT2D eigenvalue weighted by Gasteiger charge is 2.36. The predicted molar refractivity (Wildman–Crippen MR) is 122 cm³/mol. The second-order valence-corrected chi connectivity index (χ2v) is 9.10. The summed E-state index contributed by atoms with van der Waals surface area (Å²) < 4.78 is 26.7. The number of benzene rings is 2. The van der Waals surface area contributed by atoms with Gasteiger partial charge in [-0.3, -0.25) is 14.5 Å². The molecule has 9 heteroatoms. The molecule has 0 N–H and O–H groups in total. The number of carbonyl (C=O) groups is 2. The first-order valence-corrected chi connectivity index (χ1v) is 11.7. The van der Waals surface area contributed by atoms with Gasteiger partial charge in [-0.15, -0.1) is 11.3 Å². The van der Waals surface area contributed by atoms with Gasteiger partial charge in [0.05, 0.1) is 0 Å². The molecule has 1 aromatic heterocycles. The maximum Gasteiger partial charge on any atom is 0.282 e. The van der Waals surface area contributed by atoms with E-state index in [1.54, 1.807) is 16.5 Å². The average Bonchev–Trinajstić information content (AvgIpc) is 3.51. The van der Waals surface area contributed by atoms with Crippen molar-refractivity contribution < 1.29 is 18.4 Å². The van der Waals surface area contributed by atoms with Crippen molar-refractivity contribution in [2.45, 2.75) is 12.5 Å². The van der Waals surface area contributed by atoms with Gasteiger partial charge in [-0.25, -0.2) is 13.8 Å². The van der Waals surface area contributed by atoms with Crippen LogP contribution >= 0.6 is 11.3 Å². The van der Waals surface area contributed by atoms with Gasteiger partial charge in [0.2, 0.25) is 5.91 Å². The fourth-order valence-electron chi connectivity index (χ4n) is 4.45. The van der Waals surface area contributed by atoms with E-state index in [1.807, 2.05) is 29.2 Å². The molecule has 3 aromatic rings. The Kier molecular flexibility index (Phi) is 5.90. The van der Waals surface area contributed by atoms with Gasteiger partial charge in [-0.05, 0) is 35.4 Å². The summed E-state index contributed by atoms with van der Waals surface area (Å²) in [6.07, 6.45) is 2.07. The molecule has 2 aliphatic heterocycles. The smallest absolute Gasteiger partial charge is 0.282 e. The molecule has 5 rings (SSSR count). The Morgan fingerprint density at radius 1 is 0.970 bits per heavy atom. The summed E-state index contributed by atoms with van der Waals surface area (Å²) in [5, 5.41) is 2.31. The van der Waals surface area contributed by atoms with Crippen molar-refractivity contribution in [2.75, 3.05) is 37.6 Å². The number of amides is 2. The van der Waals surface area contributed by atoms with Crippen molar-refractivity contribution in [1.29, 1.82) is 0 Å². The van der Waals surface area contributed by atoms with Crippen LogP contribution in [0.25, 0.3) is 11.1 Å². The lowest BCUT2D eigenvalue weighted by molar-refractivity contribution is -0.117. The number of aromatic nitrogens is 1. The first kappa shape index (κ1) is 21.7. The van der Waals surface area contributed by atoms with Crippen LogP contribution in [0.4, 0.5) is 14.5 Å². The zero-order valence-electron chi connectivity index (χ0n) is 17.8. The number of piperazine rings is 1. The molecular formula is C24H22F2N4O2S. The van der Waals surface area contributed by atoms with Gasteiger partial charge in [-0.1, -0.05) is 18.2 Å². The van der Waals surface area contributed by atoms with Gasteiger partial charge in [0.1, 0.15) is 0 Å². The normalized spacial score (nSPS) is 19.3. The summed E-state index contributed by atoms with van der Waals surface area (Å²) in [5.41, 5.74) is 2.12. The molecule has 0 spiro atoms. The first-order chi connectivity index (χ1) is 16.0. The molecule has 0 aliphatic carbocycles. The number of carbonyl (C=O) groups excluding carboxylic acids is 2. The number of hydrogen-bond donors (Lipinski definition) is 0. The van der Waals surface area contributed by atoms with E-state index in [-0.39, 0.29) is 17.9 Å². The summed E-state index contributed by atoms with van der Waals surface area (Å²) in [6, 6.07) is 11.2. The van der Waals surface area contributed by atoms with Gasteiger partial charge in [0, 0.05) is 62.5 Å². The van der Waals surface area contributed by atoms with Crippen LogP contribution in [0.3, 0.4) is 0 Å². The van der Waals surface area contributed by atoms with Gasteiger partial charge >= 0.3 is 0 Å². The molecule has 1 unspecified atom stereocenters. The van der Waals surface area contributed by atoms with E-state index < -0.39 is 11.6 Å². The van der Waals surface area contributed by atoms with Crippen LogP contribution in [-0.2, 0) is 4.79 Å². The Balaban J connectivity index is 1.21. The number of hydrogen-bond acceptors (Lipinski definition) is 5. The molecule has 0 bridgehead atoms. The van der Waals surface area contributed by atoms with E-state index in [4.69, 9.17) is 0 Å². The number of anilines is 1. The second kappa shape index (κ2) is 8.99. The number of rotatable bonds is 4. The highest BCUT2D eigenvalue weighted by Crippen LogP contribution is 2.28. The van der Waals surface area contributed by atoms with Crippen molar-refractivity contribution in [3.63, 3.8) is 0 Å². The van der Waals surface area contributed by atoms with Gasteiger partial charge < -0.3 is 9.80 Å². The molecular weight excluding hydrogens is 446 g/mol. The van der Waals surface area contributed by atoms with E-state index in [0.29, 0.717) is 36.6 Å². The van der Waals surface area contributed by atoms with Crippen LogP contribution in [0.1, 0.15) is 16.2 Å². The summed E-state index contributed by atoms with van der Waals surface area (Å²) in [4.78, 5) is 35.2. The summed E-state index contributed by atoms with van der Waals surface area (Å²) >= 11 is 1.35. The molecule has 3 heterocycles. The lowest BCUT2D eigenvalue weighted by Gasteiger charge is -2.37. The van der Waals surface area contributed by atoms with Crippen LogP contribution < -0.4 is 4.90 Å². The van der Waals surface area contributed by atoms with Crippen LogP contribution in [0.5, 0.6) is 0 Å². The van der Waals surface area contributed by atoms with E-state index in [1.165, 1.54) is 23.5 Å². The van der Waals surface area contributed by atoms with Gasteiger partial charge in [0.25, 0.3) is 5.91 Å². The Morgan fingerprint density at radius 3 is 2.36 bits per heavy atom. The zero-order chi connectivity index (χ0) is 22.9. The molecule has 2 aromatic carbocycles.